The first-order chi connectivity index (χ1) is 32.5. The number of hydrogen-bond acceptors (Lipinski definition) is 10. The van der Waals surface area contributed by atoms with Gasteiger partial charge in [0.25, 0.3) is 0 Å². The van der Waals surface area contributed by atoms with Crippen LogP contribution in [0.25, 0.3) is 65.3 Å². The number of fused-ring (bicyclic) bond motifs is 4. The van der Waals surface area contributed by atoms with Crippen LogP contribution in [0.1, 0.15) is 38.8 Å². The number of benzene rings is 2. The molecular formula is C48H40BBrCl2N14O2. The van der Waals surface area contributed by atoms with Crippen molar-refractivity contribution in [2.24, 2.45) is 0 Å². The fraction of sp³-hybridized carbons (Fsp3) is 0.167. The van der Waals surface area contributed by atoms with E-state index in [1.807, 2.05) is 124 Å². The summed E-state index contributed by atoms with van der Waals surface area (Å²) < 4.78 is 21.3. The van der Waals surface area contributed by atoms with Gasteiger partial charge in [-0.25, -0.2) is 9.69 Å². The third kappa shape index (κ3) is 8.27. The Morgan fingerprint density at radius 1 is 0.662 bits per heavy atom. The molecule has 0 atom stereocenters. The van der Waals surface area contributed by atoms with E-state index in [2.05, 4.69) is 65.1 Å². The van der Waals surface area contributed by atoms with Gasteiger partial charge in [-0.15, -0.1) is 20.4 Å². The van der Waals surface area contributed by atoms with Crippen LogP contribution in [0, 0.1) is 27.0 Å². The van der Waals surface area contributed by atoms with E-state index in [4.69, 9.17) is 57.1 Å². The molecule has 0 bridgehead atoms. The molecule has 0 amide bonds. The van der Waals surface area contributed by atoms with Crippen LogP contribution < -0.4 is 16.9 Å². The summed E-state index contributed by atoms with van der Waals surface area (Å²) in [6.45, 7) is 27.1. The molecule has 10 aromatic rings. The van der Waals surface area contributed by atoms with Gasteiger partial charge in [0.15, 0.2) is 22.7 Å². The zero-order valence-electron chi connectivity index (χ0n) is 37.4. The van der Waals surface area contributed by atoms with E-state index in [0.29, 0.717) is 32.8 Å². The van der Waals surface area contributed by atoms with E-state index in [0.717, 1.165) is 76.7 Å². The quantitative estimate of drug-likeness (QED) is 0.127. The van der Waals surface area contributed by atoms with Crippen LogP contribution in [-0.2, 0) is 9.31 Å². The number of aryl methyl sites for hydroxylation is 2. The van der Waals surface area contributed by atoms with Crippen LogP contribution in [0.3, 0.4) is 0 Å². The van der Waals surface area contributed by atoms with Crippen LogP contribution in [0.2, 0.25) is 10.0 Å². The first kappa shape index (κ1) is 45.8. The maximum atomic E-state index is 7.55. The van der Waals surface area contributed by atoms with E-state index >= 15 is 0 Å². The lowest BCUT2D eigenvalue weighted by atomic mass is 9.79. The topological polar surface area (TPSA) is 175 Å². The number of nitrogens with zero attached hydrogens (tertiary/aromatic N) is 12. The molecule has 1 aliphatic heterocycles. The van der Waals surface area contributed by atoms with Crippen molar-refractivity contribution >= 4 is 108 Å². The van der Waals surface area contributed by atoms with E-state index in [1.165, 1.54) is 12.4 Å². The Balaban J connectivity index is 0.000000144. The van der Waals surface area contributed by atoms with Gasteiger partial charge in [0, 0.05) is 65.9 Å². The number of anilines is 2. The minimum Gasteiger partial charge on any atom is -0.399 e. The predicted octanol–water partition coefficient (Wildman–Crippen LogP) is 10.7. The summed E-state index contributed by atoms with van der Waals surface area (Å²) in [5.41, 5.74) is 22.3. The van der Waals surface area contributed by atoms with Crippen molar-refractivity contribution in [3.8, 4) is 22.5 Å². The minimum absolute atomic E-state index is 0.410. The third-order valence-corrected chi connectivity index (χ3v) is 13.9. The van der Waals surface area contributed by atoms with Gasteiger partial charge in [-0.05, 0) is 116 Å². The average molecular weight is 1010 g/mol. The molecule has 20 heteroatoms. The molecule has 0 radical (unpaired) electrons. The highest BCUT2D eigenvalue weighted by Gasteiger charge is 2.52. The number of nitrogens with two attached hydrogens (primary N) is 2. The lowest BCUT2D eigenvalue weighted by Gasteiger charge is -2.32. The molecule has 16 nitrogen and oxygen atoms in total. The monoisotopic (exact) mass is 1000 g/mol. The molecule has 0 saturated carbocycles. The molecule has 0 spiro atoms. The minimum atomic E-state index is -0.517. The van der Waals surface area contributed by atoms with Gasteiger partial charge in [0.05, 0.1) is 85.0 Å². The molecule has 1 aliphatic rings. The van der Waals surface area contributed by atoms with Gasteiger partial charge in [-0.2, -0.15) is 0 Å². The predicted molar refractivity (Wildman–Crippen MR) is 271 cm³/mol. The van der Waals surface area contributed by atoms with Crippen LogP contribution in [0.5, 0.6) is 0 Å². The van der Waals surface area contributed by atoms with Crippen molar-refractivity contribution in [3.05, 3.63) is 159 Å². The van der Waals surface area contributed by atoms with Gasteiger partial charge in [-0.1, -0.05) is 23.2 Å². The van der Waals surface area contributed by atoms with Crippen molar-refractivity contribution in [1.82, 2.24) is 48.3 Å². The number of nitrogen functional groups attached to an aromatic ring is 2. The molecule has 1 fully saturated rings. The highest BCUT2D eigenvalue weighted by Crippen LogP contribution is 2.41. The van der Waals surface area contributed by atoms with Crippen molar-refractivity contribution in [2.75, 3.05) is 11.5 Å². The average Bonchev–Trinajstić information content (AvgIpc) is 4.15. The maximum absolute atomic E-state index is 7.55. The second-order valence-corrected chi connectivity index (χ2v) is 18.7. The summed E-state index contributed by atoms with van der Waals surface area (Å²) in [6, 6.07) is 15.8. The number of pyridine rings is 4. The Kier molecular flexibility index (Phi) is 11.9. The largest absolute Gasteiger partial charge is 0.497 e. The maximum Gasteiger partial charge on any atom is 0.497 e. The van der Waals surface area contributed by atoms with Crippen molar-refractivity contribution in [2.45, 2.75) is 52.7 Å². The zero-order valence-corrected chi connectivity index (χ0v) is 40.5. The molecule has 4 N–H and O–H groups in total. The molecule has 68 heavy (non-hydrogen) atoms. The molecule has 1 saturated heterocycles. The highest BCUT2D eigenvalue weighted by molar-refractivity contribution is 9.10. The Morgan fingerprint density at radius 3 is 1.69 bits per heavy atom. The van der Waals surface area contributed by atoms with Crippen molar-refractivity contribution < 1.29 is 9.31 Å². The molecule has 338 valence electrons. The van der Waals surface area contributed by atoms with Crippen LogP contribution in [0.4, 0.5) is 22.7 Å². The summed E-state index contributed by atoms with van der Waals surface area (Å²) in [4.78, 5) is 15.3. The second-order valence-electron chi connectivity index (χ2n) is 17.1. The third-order valence-electron chi connectivity index (χ3n) is 12.2. The number of halogens is 3. The Labute approximate surface area is 409 Å². The molecular weight excluding hydrogens is 966 g/mol. The normalized spacial score (nSPS) is 13.8. The first-order valence-electron chi connectivity index (χ1n) is 20.9. The standard InChI is InChI=1S/C22H22BN5O2.C21H14ClN7.C5H4BrClN2/c1-14-9-19-16(11-18(14)24-6)17(23-29-21(2,3)22(4,5)30-23)12-28(19)15-7-8-27-13-25-26-20(27)10-15;1-12-5-19-14(7-18(12)24-2)16(15-8-25-9-17(23)21(15)22)10-29(19)13-3-4-28-11-26-27-20(28)6-13;6-3-1-9-2-4(8)5(3)7/h7-13H,1-5H3;3-11H,23H2,1H3;1-2H,8H2. The zero-order chi connectivity index (χ0) is 48.2. The van der Waals surface area contributed by atoms with Crippen LogP contribution in [-0.4, -0.2) is 66.6 Å². The van der Waals surface area contributed by atoms with Crippen LogP contribution >= 0.6 is 39.1 Å². The van der Waals surface area contributed by atoms with Crippen molar-refractivity contribution in [1.29, 1.82) is 0 Å². The summed E-state index contributed by atoms with van der Waals surface area (Å²) >= 11 is 15.3. The summed E-state index contributed by atoms with van der Waals surface area (Å²) in [5, 5.41) is 19.0. The lowest BCUT2D eigenvalue weighted by Crippen LogP contribution is -2.41. The summed E-state index contributed by atoms with van der Waals surface area (Å²) in [5.74, 6) is 0. The second kappa shape index (κ2) is 17.7. The van der Waals surface area contributed by atoms with E-state index < -0.39 is 18.3 Å². The Hall–Kier alpha value is -7.32. The number of rotatable bonds is 4. The molecule has 0 aliphatic carbocycles. The van der Waals surface area contributed by atoms with Gasteiger partial charge < -0.3 is 29.9 Å². The van der Waals surface area contributed by atoms with Gasteiger partial charge in [0.1, 0.15) is 12.7 Å². The lowest BCUT2D eigenvalue weighted by molar-refractivity contribution is 0.00578. The first-order valence-corrected chi connectivity index (χ1v) is 22.5. The van der Waals surface area contributed by atoms with Gasteiger partial charge in [0.2, 0.25) is 0 Å². The van der Waals surface area contributed by atoms with E-state index in [-0.39, 0.29) is 0 Å². The summed E-state index contributed by atoms with van der Waals surface area (Å²) in [7, 11) is -0.517. The fourth-order valence-electron chi connectivity index (χ4n) is 7.79. The van der Waals surface area contributed by atoms with Gasteiger partial charge >= 0.3 is 7.12 Å². The number of aromatic nitrogens is 10. The Morgan fingerprint density at radius 2 is 1.16 bits per heavy atom. The Bertz CT molecular complexity index is 3660. The summed E-state index contributed by atoms with van der Waals surface area (Å²) in [6.07, 6.45) is 17.5. The molecule has 0 unspecified atom stereocenters. The van der Waals surface area contributed by atoms with Crippen molar-refractivity contribution in [3.63, 3.8) is 0 Å². The smallest absolute Gasteiger partial charge is 0.399 e. The van der Waals surface area contributed by atoms with Crippen LogP contribution in [0.15, 0.2) is 115 Å². The molecule has 8 aromatic heterocycles. The molecule has 11 rings (SSSR count). The van der Waals surface area contributed by atoms with E-state index in [1.54, 1.807) is 25.0 Å². The van der Waals surface area contributed by atoms with Gasteiger partial charge in [-0.3, -0.25) is 18.8 Å². The van der Waals surface area contributed by atoms with E-state index in [9.17, 15) is 0 Å². The number of hydrogen-bond donors (Lipinski definition) is 2. The molecule has 9 heterocycles. The molecule has 2 aromatic carbocycles. The highest BCUT2D eigenvalue weighted by atomic mass is 79.9. The SMILES string of the molecule is Nc1cncc(Br)c1Cl.[C-]#[N+]c1cc2c(-c3cncc(N)c3Cl)cn(-c3ccn4cnnc4c3)c2cc1C.[C-]#[N+]c1cc2c(B3OC(C)(C)C(C)(C)O3)cn(-c3ccn4cnnc4c3)c2cc1C. The fourth-order valence-corrected chi connectivity index (χ4v) is 8.44.